The molecule has 20 heavy (non-hydrogen) atoms. The first-order chi connectivity index (χ1) is 9.52. The summed E-state index contributed by atoms with van der Waals surface area (Å²) in [5.41, 5.74) is 0. The van der Waals surface area contributed by atoms with Crippen molar-refractivity contribution in [2.45, 2.75) is 39.2 Å². The van der Waals surface area contributed by atoms with Gasteiger partial charge in [-0.1, -0.05) is 13.8 Å². The molecule has 0 spiro atoms. The van der Waals surface area contributed by atoms with Gasteiger partial charge in [0, 0.05) is 19.7 Å². The molecule has 0 bridgehead atoms. The molecule has 116 valence electrons. The molecule has 0 radical (unpaired) electrons. The van der Waals surface area contributed by atoms with Crippen LogP contribution in [0.25, 0.3) is 0 Å². The van der Waals surface area contributed by atoms with Crippen molar-refractivity contribution >= 4 is 11.9 Å². The molecular weight excluding hydrogens is 258 g/mol. The molecule has 0 saturated heterocycles. The minimum atomic E-state index is -0.452. The molecule has 0 aromatic carbocycles. The quantitative estimate of drug-likeness (QED) is 0.619. The molecule has 0 aromatic heterocycles. The van der Waals surface area contributed by atoms with Gasteiger partial charge in [0.05, 0.1) is 13.2 Å². The smallest absolute Gasteiger partial charge is 0.321 e. The van der Waals surface area contributed by atoms with Crippen molar-refractivity contribution in [2.24, 2.45) is 5.92 Å². The predicted molar refractivity (Wildman–Crippen MR) is 77.5 cm³/mol. The van der Waals surface area contributed by atoms with Gasteiger partial charge in [-0.25, -0.2) is 4.79 Å². The SMILES string of the molecule is COCCNC(=O)NC(=O)CN(CCC(C)C)C1CC1. The number of ether oxygens (including phenoxy) is 1. The van der Waals surface area contributed by atoms with Crippen LogP contribution in [0.1, 0.15) is 33.1 Å². The molecule has 1 fully saturated rings. The number of carbonyl (C=O) groups is 2. The second-order valence-electron chi connectivity index (χ2n) is 5.68. The van der Waals surface area contributed by atoms with Gasteiger partial charge in [-0.05, 0) is 31.7 Å². The molecule has 6 heteroatoms. The van der Waals surface area contributed by atoms with E-state index in [1.807, 2.05) is 0 Å². The van der Waals surface area contributed by atoms with E-state index in [-0.39, 0.29) is 5.91 Å². The number of nitrogens with one attached hydrogen (secondary N) is 2. The summed E-state index contributed by atoms with van der Waals surface area (Å²) in [6.45, 7) is 6.40. The molecule has 0 aromatic rings. The van der Waals surface area contributed by atoms with E-state index < -0.39 is 6.03 Å². The number of imide groups is 1. The van der Waals surface area contributed by atoms with Crippen LogP contribution in [0.5, 0.6) is 0 Å². The average molecular weight is 285 g/mol. The zero-order chi connectivity index (χ0) is 15.0. The Kier molecular flexibility index (Phi) is 7.54. The first-order valence-electron chi connectivity index (χ1n) is 7.33. The molecule has 1 aliphatic rings. The Bertz CT molecular complexity index is 317. The molecule has 0 heterocycles. The molecule has 0 aliphatic heterocycles. The maximum absolute atomic E-state index is 11.8. The molecule has 1 saturated carbocycles. The highest BCUT2D eigenvalue weighted by atomic mass is 16.5. The van der Waals surface area contributed by atoms with Gasteiger partial charge in [-0.15, -0.1) is 0 Å². The van der Waals surface area contributed by atoms with Crippen molar-refractivity contribution in [1.82, 2.24) is 15.5 Å². The fraction of sp³-hybridized carbons (Fsp3) is 0.857. The summed E-state index contributed by atoms with van der Waals surface area (Å²) in [5.74, 6) is 0.382. The van der Waals surface area contributed by atoms with E-state index in [1.54, 1.807) is 7.11 Å². The summed E-state index contributed by atoms with van der Waals surface area (Å²) in [5, 5.41) is 4.92. The third-order valence-corrected chi connectivity index (χ3v) is 3.25. The van der Waals surface area contributed by atoms with Gasteiger partial charge in [0.15, 0.2) is 0 Å². The van der Waals surface area contributed by atoms with Crippen LogP contribution in [0.2, 0.25) is 0 Å². The van der Waals surface area contributed by atoms with Crippen molar-refractivity contribution in [1.29, 1.82) is 0 Å². The van der Waals surface area contributed by atoms with E-state index in [2.05, 4.69) is 29.4 Å². The molecule has 0 unspecified atom stereocenters. The topological polar surface area (TPSA) is 70.7 Å². The van der Waals surface area contributed by atoms with Gasteiger partial charge >= 0.3 is 6.03 Å². The number of methoxy groups -OCH3 is 1. The van der Waals surface area contributed by atoms with Crippen LogP contribution in [-0.4, -0.2) is 56.2 Å². The number of rotatable bonds is 9. The average Bonchev–Trinajstić information content (AvgIpc) is 3.18. The van der Waals surface area contributed by atoms with Crippen LogP contribution < -0.4 is 10.6 Å². The normalized spacial score (nSPS) is 14.7. The molecule has 2 N–H and O–H groups in total. The third kappa shape index (κ3) is 7.45. The van der Waals surface area contributed by atoms with E-state index in [0.717, 1.165) is 25.8 Å². The van der Waals surface area contributed by atoms with Gasteiger partial charge < -0.3 is 10.1 Å². The minimum absolute atomic E-state index is 0.240. The summed E-state index contributed by atoms with van der Waals surface area (Å²) >= 11 is 0. The van der Waals surface area contributed by atoms with Gasteiger partial charge in [0.1, 0.15) is 0 Å². The number of hydrogen-bond acceptors (Lipinski definition) is 4. The first kappa shape index (κ1) is 16.9. The van der Waals surface area contributed by atoms with Gasteiger partial charge in [-0.2, -0.15) is 0 Å². The lowest BCUT2D eigenvalue weighted by Gasteiger charge is -2.22. The largest absolute Gasteiger partial charge is 0.383 e. The van der Waals surface area contributed by atoms with Crippen LogP contribution >= 0.6 is 0 Å². The van der Waals surface area contributed by atoms with E-state index in [4.69, 9.17) is 4.74 Å². The Hall–Kier alpha value is -1.14. The van der Waals surface area contributed by atoms with Crippen molar-refractivity contribution in [2.75, 3.05) is 33.4 Å². The zero-order valence-electron chi connectivity index (χ0n) is 12.8. The second-order valence-corrected chi connectivity index (χ2v) is 5.68. The number of urea groups is 1. The summed E-state index contributed by atoms with van der Waals surface area (Å²) < 4.78 is 4.82. The molecule has 1 rings (SSSR count). The van der Waals surface area contributed by atoms with Crippen LogP contribution in [-0.2, 0) is 9.53 Å². The maximum Gasteiger partial charge on any atom is 0.321 e. The minimum Gasteiger partial charge on any atom is -0.383 e. The Morgan fingerprint density at radius 1 is 1.35 bits per heavy atom. The monoisotopic (exact) mass is 285 g/mol. The maximum atomic E-state index is 11.8. The number of hydrogen-bond donors (Lipinski definition) is 2. The van der Waals surface area contributed by atoms with Crippen LogP contribution in [0, 0.1) is 5.92 Å². The summed E-state index contributed by atoms with van der Waals surface area (Å²) in [6, 6.07) is 0.0720. The fourth-order valence-corrected chi connectivity index (χ4v) is 1.92. The summed E-state index contributed by atoms with van der Waals surface area (Å²) in [6.07, 6.45) is 3.39. The highest BCUT2D eigenvalue weighted by molar-refractivity contribution is 5.95. The van der Waals surface area contributed by atoms with E-state index in [9.17, 15) is 9.59 Å². The van der Waals surface area contributed by atoms with E-state index >= 15 is 0 Å². The Labute approximate surface area is 121 Å². The lowest BCUT2D eigenvalue weighted by molar-refractivity contribution is -0.121. The molecule has 6 nitrogen and oxygen atoms in total. The van der Waals surface area contributed by atoms with Crippen molar-refractivity contribution < 1.29 is 14.3 Å². The lowest BCUT2D eigenvalue weighted by atomic mass is 10.1. The summed E-state index contributed by atoms with van der Waals surface area (Å²) in [7, 11) is 1.56. The van der Waals surface area contributed by atoms with E-state index in [0.29, 0.717) is 31.7 Å². The standard InChI is InChI=1S/C14H27N3O3/c1-11(2)6-8-17(12-4-5-12)10-13(18)16-14(19)15-7-9-20-3/h11-12H,4-10H2,1-3H3,(H2,15,16,18,19). The van der Waals surface area contributed by atoms with Gasteiger partial charge in [0.2, 0.25) is 5.91 Å². The highest BCUT2D eigenvalue weighted by Crippen LogP contribution is 2.27. The van der Waals surface area contributed by atoms with Crippen molar-refractivity contribution in [3.63, 3.8) is 0 Å². The van der Waals surface area contributed by atoms with Crippen molar-refractivity contribution in [3.05, 3.63) is 0 Å². The summed E-state index contributed by atoms with van der Waals surface area (Å²) in [4.78, 5) is 25.5. The van der Waals surface area contributed by atoms with Gasteiger partial charge in [0.25, 0.3) is 0 Å². The molecule has 3 amide bonds. The van der Waals surface area contributed by atoms with E-state index in [1.165, 1.54) is 0 Å². The van der Waals surface area contributed by atoms with Crippen LogP contribution in [0.4, 0.5) is 4.79 Å². The molecule has 1 aliphatic carbocycles. The van der Waals surface area contributed by atoms with Crippen LogP contribution in [0.3, 0.4) is 0 Å². The lowest BCUT2D eigenvalue weighted by Crippen LogP contribution is -2.46. The van der Waals surface area contributed by atoms with Gasteiger partial charge in [-0.3, -0.25) is 15.0 Å². The highest BCUT2D eigenvalue weighted by Gasteiger charge is 2.30. The zero-order valence-corrected chi connectivity index (χ0v) is 12.8. The predicted octanol–water partition coefficient (Wildman–Crippen LogP) is 0.969. The number of carbonyl (C=O) groups excluding carboxylic acids is 2. The fourth-order valence-electron chi connectivity index (χ4n) is 1.92. The Morgan fingerprint density at radius 2 is 2.05 bits per heavy atom. The Balaban J connectivity index is 2.25. The molecular formula is C14H27N3O3. The molecule has 0 atom stereocenters. The third-order valence-electron chi connectivity index (χ3n) is 3.25. The second kappa shape index (κ2) is 8.92. The Morgan fingerprint density at radius 3 is 2.60 bits per heavy atom. The van der Waals surface area contributed by atoms with Crippen LogP contribution in [0.15, 0.2) is 0 Å². The number of amides is 3. The van der Waals surface area contributed by atoms with Crippen molar-refractivity contribution in [3.8, 4) is 0 Å². The first-order valence-corrected chi connectivity index (χ1v) is 7.33. The number of nitrogens with zero attached hydrogens (tertiary/aromatic N) is 1.